The first-order valence-corrected chi connectivity index (χ1v) is 10.7. The Kier molecular flexibility index (Phi) is 5.73. The number of fused-ring (bicyclic) bond motifs is 2. The number of hydrogen-bond donors (Lipinski definition) is 1. The molecular formula is C25H26N6O. The lowest BCUT2D eigenvalue weighted by molar-refractivity contribution is 0.663. The van der Waals surface area contributed by atoms with Crippen molar-refractivity contribution in [3.63, 3.8) is 0 Å². The summed E-state index contributed by atoms with van der Waals surface area (Å²) in [5, 5.41) is 6.94. The molecule has 0 spiro atoms. The maximum atomic E-state index is 13.5. The maximum absolute atomic E-state index is 13.5. The van der Waals surface area contributed by atoms with E-state index in [0.29, 0.717) is 23.4 Å². The van der Waals surface area contributed by atoms with Crippen molar-refractivity contribution in [3.05, 3.63) is 88.2 Å². The van der Waals surface area contributed by atoms with E-state index in [1.54, 1.807) is 9.25 Å². The zero-order valence-corrected chi connectivity index (χ0v) is 18.7. The number of nitrogens with two attached hydrogens (primary N) is 1. The number of benzene rings is 2. The number of nitrogen functional groups attached to an aromatic ring is 1. The highest BCUT2D eigenvalue weighted by molar-refractivity contribution is 5.88. The van der Waals surface area contributed by atoms with Gasteiger partial charge in [-0.1, -0.05) is 50.2 Å². The maximum Gasteiger partial charge on any atom is 0.263 e. The number of hydrogen-bond acceptors (Lipinski definition) is 5. The van der Waals surface area contributed by atoms with Crippen LogP contribution in [0.5, 0.6) is 0 Å². The van der Waals surface area contributed by atoms with Gasteiger partial charge < -0.3 is 5.73 Å². The fourth-order valence-electron chi connectivity index (χ4n) is 3.98. The van der Waals surface area contributed by atoms with Crippen LogP contribution in [0.25, 0.3) is 27.5 Å². The normalized spacial score (nSPS) is 10.9. The number of aromatic nitrogens is 5. The molecule has 0 unspecified atom stereocenters. The molecule has 2 N–H and O–H groups in total. The summed E-state index contributed by atoms with van der Waals surface area (Å²) in [7, 11) is 0. The summed E-state index contributed by atoms with van der Waals surface area (Å²) >= 11 is 0. The first kappa shape index (κ1) is 21.2. The quantitative estimate of drug-likeness (QED) is 0.462. The number of rotatable bonds is 3. The van der Waals surface area contributed by atoms with Gasteiger partial charge in [-0.25, -0.2) is 14.6 Å². The molecule has 2 aromatic carbocycles. The highest BCUT2D eigenvalue weighted by atomic mass is 16.1. The molecule has 7 heteroatoms. The Bertz CT molecular complexity index is 1480. The van der Waals surface area contributed by atoms with Gasteiger partial charge in [0.25, 0.3) is 5.56 Å². The van der Waals surface area contributed by atoms with Gasteiger partial charge in [0.2, 0.25) is 0 Å². The molecular weight excluding hydrogens is 400 g/mol. The van der Waals surface area contributed by atoms with Crippen LogP contribution in [0.1, 0.15) is 30.8 Å². The molecule has 0 fully saturated rings. The van der Waals surface area contributed by atoms with Gasteiger partial charge in [0.05, 0.1) is 23.3 Å². The first-order chi connectivity index (χ1) is 15.5. The Hall–Kier alpha value is -4.00. The topological polar surface area (TPSA) is 91.6 Å². The minimum atomic E-state index is -0.0558. The molecule has 5 rings (SSSR count). The van der Waals surface area contributed by atoms with E-state index in [1.165, 1.54) is 6.33 Å². The third-order valence-corrected chi connectivity index (χ3v) is 5.41. The number of nitrogens with zero attached hydrogens (tertiary/aromatic N) is 5. The monoisotopic (exact) mass is 426 g/mol. The van der Waals surface area contributed by atoms with E-state index in [-0.39, 0.29) is 5.56 Å². The molecule has 0 aliphatic carbocycles. The molecule has 0 atom stereocenters. The number of anilines is 1. The lowest BCUT2D eigenvalue weighted by Crippen LogP contribution is -2.24. The van der Waals surface area contributed by atoms with E-state index in [9.17, 15) is 4.79 Å². The van der Waals surface area contributed by atoms with Crippen LogP contribution in [0.3, 0.4) is 0 Å². The Balaban J connectivity index is 0.00000119. The highest BCUT2D eigenvalue weighted by Gasteiger charge is 2.17. The van der Waals surface area contributed by atoms with Crippen molar-refractivity contribution >= 4 is 27.6 Å². The third kappa shape index (κ3) is 3.51. The Morgan fingerprint density at radius 1 is 0.969 bits per heavy atom. The van der Waals surface area contributed by atoms with E-state index in [1.807, 2.05) is 82.3 Å². The smallest absolute Gasteiger partial charge is 0.263 e. The van der Waals surface area contributed by atoms with E-state index < -0.39 is 0 Å². The van der Waals surface area contributed by atoms with Crippen molar-refractivity contribution in [1.29, 1.82) is 0 Å². The minimum absolute atomic E-state index is 0.0558. The third-order valence-electron chi connectivity index (χ3n) is 5.41. The van der Waals surface area contributed by atoms with Crippen LogP contribution >= 0.6 is 0 Å². The summed E-state index contributed by atoms with van der Waals surface area (Å²) in [4.78, 5) is 22.0. The van der Waals surface area contributed by atoms with Crippen molar-refractivity contribution in [3.8, 4) is 5.69 Å². The molecule has 0 radical (unpaired) electrons. The van der Waals surface area contributed by atoms with Gasteiger partial charge in [-0.3, -0.25) is 9.36 Å². The highest BCUT2D eigenvalue weighted by Crippen LogP contribution is 2.23. The average Bonchev–Trinajstić information content (AvgIpc) is 3.13. The molecule has 0 saturated heterocycles. The Morgan fingerprint density at radius 2 is 1.69 bits per heavy atom. The van der Waals surface area contributed by atoms with Crippen LogP contribution in [0.2, 0.25) is 0 Å². The number of pyridine rings is 1. The summed E-state index contributed by atoms with van der Waals surface area (Å²) in [5.74, 6) is 0.401. The fourth-order valence-corrected chi connectivity index (χ4v) is 3.98. The minimum Gasteiger partial charge on any atom is -0.383 e. The summed E-state index contributed by atoms with van der Waals surface area (Å²) in [6, 6.07) is 17.5. The molecule has 32 heavy (non-hydrogen) atoms. The van der Waals surface area contributed by atoms with Gasteiger partial charge in [0.15, 0.2) is 5.65 Å². The molecule has 0 aliphatic heterocycles. The molecule has 7 nitrogen and oxygen atoms in total. The Morgan fingerprint density at radius 3 is 2.47 bits per heavy atom. The average molecular weight is 427 g/mol. The van der Waals surface area contributed by atoms with Crippen molar-refractivity contribution < 1.29 is 0 Å². The summed E-state index contributed by atoms with van der Waals surface area (Å²) in [6.07, 6.45) is 1.43. The van der Waals surface area contributed by atoms with Crippen LogP contribution in [0.4, 0.5) is 5.82 Å². The second kappa shape index (κ2) is 8.63. The predicted octanol–water partition coefficient (Wildman–Crippen LogP) is 4.40. The van der Waals surface area contributed by atoms with Crippen molar-refractivity contribution in [2.45, 2.75) is 34.2 Å². The zero-order chi connectivity index (χ0) is 22.8. The van der Waals surface area contributed by atoms with Crippen LogP contribution in [-0.2, 0) is 6.54 Å². The van der Waals surface area contributed by atoms with E-state index in [2.05, 4.69) is 15.1 Å². The largest absolute Gasteiger partial charge is 0.383 e. The van der Waals surface area contributed by atoms with Crippen molar-refractivity contribution in [2.75, 3.05) is 5.73 Å². The fraction of sp³-hybridized carbons (Fsp3) is 0.200. The molecule has 162 valence electrons. The molecule has 0 aliphatic rings. The summed E-state index contributed by atoms with van der Waals surface area (Å²) < 4.78 is 3.55. The summed E-state index contributed by atoms with van der Waals surface area (Å²) in [6.45, 7) is 8.25. The molecule has 3 heterocycles. The zero-order valence-electron chi connectivity index (χ0n) is 18.7. The van der Waals surface area contributed by atoms with E-state index in [4.69, 9.17) is 5.73 Å². The number of aryl methyl sites for hydroxylation is 2. The van der Waals surface area contributed by atoms with Crippen molar-refractivity contribution in [1.82, 2.24) is 24.3 Å². The predicted molar refractivity (Wildman–Crippen MR) is 129 cm³/mol. The Labute approximate surface area is 186 Å². The standard InChI is InChI=1S/C23H20N6O.C2H6/c1-14-7-3-6-10-19(14)29-17(11-16-8-4-5-9-18(16)23(29)30)12-28-22-20(15(2)27-28)21(24)25-13-26-22;1-2/h3-11,13H,12H2,1-2H3,(H2,24,25,26);1-2H3. The molecule has 0 saturated carbocycles. The SMILES string of the molecule is CC.Cc1ccccc1-n1c(Cn2nc(C)c3c(N)ncnc32)cc2ccccc2c1=O. The molecule has 0 bridgehead atoms. The van der Waals surface area contributed by atoms with Crippen LogP contribution in [-0.4, -0.2) is 24.3 Å². The second-order valence-corrected chi connectivity index (χ2v) is 7.35. The van der Waals surface area contributed by atoms with Crippen LogP contribution < -0.4 is 11.3 Å². The van der Waals surface area contributed by atoms with E-state index in [0.717, 1.165) is 33.4 Å². The molecule has 0 amide bonds. The van der Waals surface area contributed by atoms with Gasteiger partial charge in [-0.05, 0) is 43.0 Å². The van der Waals surface area contributed by atoms with Gasteiger partial charge in [-0.2, -0.15) is 5.10 Å². The second-order valence-electron chi connectivity index (χ2n) is 7.35. The molecule has 3 aromatic heterocycles. The van der Waals surface area contributed by atoms with Gasteiger partial charge in [-0.15, -0.1) is 0 Å². The van der Waals surface area contributed by atoms with Gasteiger partial charge in [0.1, 0.15) is 12.1 Å². The van der Waals surface area contributed by atoms with Crippen LogP contribution in [0, 0.1) is 13.8 Å². The van der Waals surface area contributed by atoms with Crippen LogP contribution in [0.15, 0.2) is 65.7 Å². The van der Waals surface area contributed by atoms with Gasteiger partial charge >= 0.3 is 0 Å². The first-order valence-electron chi connectivity index (χ1n) is 10.7. The van der Waals surface area contributed by atoms with Gasteiger partial charge in [0, 0.05) is 11.1 Å². The lowest BCUT2D eigenvalue weighted by Gasteiger charge is -2.17. The van der Waals surface area contributed by atoms with Crippen molar-refractivity contribution in [2.24, 2.45) is 0 Å². The lowest BCUT2D eigenvalue weighted by atomic mass is 10.1. The molecule has 5 aromatic rings. The van der Waals surface area contributed by atoms with E-state index >= 15 is 0 Å². The number of para-hydroxylation sites is 1. The summed E-state index contributed by atoms with van der Waals surface area (Å²) in [5.41, 5.74) is 10.1.